The van der Waals surface area contributed by atoms with Gasteiger partial charge in [0.15, 0.2) is 0 Å². The first kappa shape index (κ1) is 36.7. The summed E-state index contributed by atoms with van der Waals surface area (Å²) in [7, 11) is 0. The van der Waals surface area contributed by atoms with E-state index in [1.807, 2.05) is 0 Å². The normalized spacial score (nSPS) is 11.7. The standard InChI is InChI=1S/C34H64O4/c1-3-5-7-9-11-13-14-15-16-17-18-19-21-23-25-29-32(28-24-22-20-12-10-8-6-4-2)38-34(37)31-27-26-30-33(35)36/h29H,3-28,30-31H2,1-2H3,(H,35,36). The highest BCUT2D eigenvalue weighted by molar-refractivity contribution is 5.70. The van der Waals surface area contributed by atoms with Gasteiger partial charge in [0, 0.05) is 19.3 Å². The maximum atomic E-state index is 12.3. The number of aliphatic carboxylic acids is 1. The molecule has 38 heavy (non-hydrogen) atoms. The van der Waals surface area contributed by atoms with Crippen molar-refractivity contribution in [3.8, 4) is 0 Å². The van der Waals surface area contributed by atoms with E-state index >= 15 is 0 Å². The van der Waals surface area contributed by atoms with Gasteiger partial charge in [-0.25, -0.2) is 0 Å². The zero-order valence-corrected chi connectivity index (χ0v) is 25.5. The van der Waals surface area contributed by atoms with Gasteiger partial charge in [0.05, 0.1) is 0 Å². The Kier molecular flexibility index (Phi) is 29.2. The minimum absolute atomic E-state index is 0.118. The Morgan fingerprint density at radius 3 is 1.32 bits per heavy atom. The van der Waals surface area contributed by atoms with Crippen molar-refractivity contribution in [1.82, 2.24) is 0 Å². The summed E-state index contributed by atoms with van der Waals surface area (Å²) in [5.41, 5.74) is 0. The third-order valence-corrected chi connectivity index (χ3v) is 7.47. The van der Waals surface area contributed by atoms with E-state index in [-0.39, 0.29) is 12.4 Å². The van der Waals surface area contributed by atoms with E-state index in [4.69, 9.17) is 9.84 Å². The lowest BCUT2D eigenvalue weighted by molar-refractivity contribution is -0.141. The van der Waals surface area contributed by atoms with Crippen molar-refractivity contribution in [2.75, 3.05) is 0 Å². The van der Waals surface area contributed by atoms with Gasteiger partial charge < -0.3 is 9.84 Å². The highest BCUT2D eigenvalue weighted by Gasteiger charge is 2.08. The van der Waals surface area contributed by atoms with Crippen LogP contribution >= 0.6 is 0 Å². The molecule has 0 aliphatic carbocycles. The summed E-state index contributed by atoms with van der Waals surface area (Å²) in [5, 5.41) is 8.76. The number of carbonyl (C=O) groups is 2. The number of hydrogen-bond donors (Lipinski definition) is 1. The fourth-order valence-electron chi connectivity index (χ4n) is 4.97. The number of allylic oxidation sites excluding steroid dienone is 2. The lowest BCUT2D eigenvalue weighted by atomic mass is 10.0. The zero-order valence-electron chi connectivity index (χ0n) is 25.5. The minimum Gasteiger partial charge on any atom is -0.481 e. The van der Waals surface area contributed by atoms with Gasteiger partial charge in [-0.15, -0.1) is 0 Å². The monoisotopic (exact) mass is 536 g/mol. The van der Waals surface area contributed by atoms with Crippen molar-refractivity contribution in [3.05, 3.63) is 11.8 Å². The second kappa shape index (κ2) is 30.2. The number of hydrogen-bond acceptors (Lipinski definition) is 3. The van der Waals surface area contributed by atoms with Gasteiger partial charge in [-0.2, -0.15) is 0 Å². The molecule has 1 N–H and O–H groups in total. The largest absolute Gasteiger partial charge is 0.481 e. The summed E-state index contributed by atoms with van der Waals surface area (Å²) < 4.78 is 5.71. The van der Waals surface area contributed by atoms with E-state index in [1.165, 1.54) is 128 Å². The first-order valence-electron chi connectivity index (χ1n) is 16.7. The predicted molar refractivity (Wildman–Crippen MR) is 162 cm³/mol. The van der Waals surface area contributed by atoms with Crippen LogP contribution in [0.2, 0.25) is 0 Å². The van der Waals surface area contributed by atoms with E-state index in [0.717, 1.165) is 31.4 Å². The Balaban J connectivity index is 4.03. The molecule has 0 heterocycles. The summed E-state index contributed by atoms with van der Waals surface area (Å²) in [6.45, 7) is 4.53. The van der Waals surface area contributed by atoms with Crippen LogP contribution in [0.15, 0.2) is 11.8 Å². The van der Waals surface area contributed by atoms with Gasteiger partial charge in [-0.3, -0.25) is 9.59 Å². The predicted octanol–water partition coefficient (Wildman–Crippen LogP) is 11.5. The molecule has 0 atom stereocenters. The summed E-state index contributed by atoms with van der Waals surface area (Å²) >= 11 is 0. The van der Waals surface area contributed by atoms with Crippen LogP contribution in [-0.4, -0.2) is 17.0 Å². The number of esters is 1. The maximum Gasteiger partial charge on any atom is 0.310 e. The van der Waals surface area contributed by atoms with E-state index in [0.29, 0.717) is 19.3 Å². The molecule has 0 amide bonds. The lowest BCUT2D eigenvalue weighted by Crippen LogP contribution is -2.05. The van der Waals surface area contributed by atoms with Gasteiger partial charge in [-0.1, -0.05) is 142 Å². The molecule has 0 bridgehead atoms. The molecule has 0 aromatic heterocycles. The molecule has 0 saturated heterocycles. The van der Waals surface area contributed by atoms with Crippen LogP contribution in [0.1, 0.15) is 194 Å². The van der Waals surface area contributed by atoms with Crippen LogP contribution in [0.25, 0.3) is 0 Å². The van der Waals surface area contributed by atoms with E-state index in [2.05, 4.69) is 19.9 Å². The van der Waals surface area contributed by atoms with Crippen LogP contribution < -0.4 is 0 Å². The Labute approximate surface area is 236 Å². The van der Waals surface area contributed by atoms with E-state index < -0.39 is 5.97 Å². The van der Waals surface area contributed by atoms with Crippen LogP contribution in [0, 0.1) is 0 Å². The molecule has 0 aliphatic heterocycles. The average molecular weight is 537 g/mol. The van der Waals surface area contributed by atoms with Crippen LogP contribution in [0.5, 0.6) is 0 Å². The van der Waals surface area contributed by atoms with Crippen LogP contribution in [0.4, 0.5) is 0 Å². The quantitative estimate of drug-likeness (QED) is 0.0563. The first-order valence-corrected chi connectivity index (χ1v) is 16.7. The molecule has 0 aliphatic rings. The fraction of sp³-hybridized carbons (Fsp3) is 0.882. The smallest absolute Gasteiger partial charge is 0.310 e. The van der Waals surface area contributed by atoms with Crippen molar-refractivity contribution in [2.45, 2.75) is 194 Å². The topological polar surface area (TPSA) is 63.6 Å². The van der Waals surface area contributed by atoms with Crippen molar-refractivity contribution >= 4 is 11.9 Å². The summed E-state index contributed by atoms with van der Waals surface area (Å²) in [5.74, 6) is -0.169. The molecule has 0 aromatic carbocycles. The van der Waals surface area contributed by atoms with Crippen molar-refractivity contribution in [2.24, 2.45) is 0 Å². The van der Waals surface area contributed by atoms with E-state index in [1.54, 1.807) is 0 Å². The molecule has 0 spiro atoms. The Morgan fingerprint density at radius 1 is 0.500 bits per heavy atom. The fourth-order valence-corrected chi connectivity index (χ4v) is 4.97. The Bertz CT molecular complexity index is 555. The highest BCUT2D eigenvalue weighted by Crippen LogP contribution is 2.18. The Hall–Kier alpha value is -1.32. The zero-order chi connectivity index (χ0) is 27.9. The van der Waals surface area contributed by atoms with E-state index in [9.17, 15) is 9.59 Å². The summed E-state index contributed by atoms with van der Waals surface area (Å²) in [4.78, 5) is 22.9. The summed E-state index contributed by atoms with van der Waals surface area (Å²) in [6, 6.07) is 0. The maximum absolute atomic E-state index is 12.3. The molecule has 4 nitrogen and oxygen atoms in total. The van der Waals surface area contributed by atoms with Gasteiger partial charge in [-0.05, 0) is 38.2 Å². The Morgan fingerprint density at radius 2 is 0.868 bits per heavy atom. The second-order valence-electron chi connectivity index (χ2n) is 11.4. The summed E-state index contributed by atoms with van der Waals surface area (Å²) in [6.07, 6.45) is 34.7. The molecule has 0 aromatic rings. The number of carboxylic acids is 1. The van der Waals surface area contributed by atoms with Gasteiger partial charge in [0.2, 0.25) is 0 Å². The van der Waals surface area contributed by atoms with Gasteiger partial charge in [0.1, 0.15) is 5.76 Å². The molecule has 0 fully saturated rings. The number of unbranched alkanes of at least 4 members (excludes halogenated alkanes) is 22. The molecule has 0 rings (SSSR count). The van der Waals surface area contributed by atoms with Crippen molar-refractivity contribution in [3.63, 3.8) is 0 Å². The second-order valence-corrected chi connectivity index (χ2v) is 11.4. The number of carbonyl (C=O) groups excluding carboxylic acids is 1. The molecule has 224 valence electrons. The minimum atomic E-state index is -0.804. The SMILES string of the molecule is CCCCCCCCCCCCCCCCC=C(CCCCCCCCCC)OC(=O)CCCCC(=O)O. The molecule has 0 unspecified atom stereocenters. The van der Waals surface area contributed by atoms with Crippen LogP contribution in [-0.2, 0) is 14.3 Å². The molecular weight excluding hydrogens is 472 g/mol. The van der Waals surface area contributed by atoms with Crippen molar-refractivity contribution in [1.29, 1.82) is 0 Å². The van der Waals surface area contributed by atoms with Gasteiger partial charge >= 0.3 is 11.9 Å². The lowest BCUT2D eigenvalue weighted by Gasteiger charge is -2.10. The first-order chi connectivity index (χ1) is 18.6. The van der Waals surface area contributed by atoms with Crippen molar-refractivity contribution < 1.29 is 19.4 Å². The average Bonchev–Trinajstić information content (AvgIpc) is 2.90. The molecule has 0 saturated carbocycles. The third-order valence-electron chi connectivity index (χ3n) is 7.47. The third kappa shape index (κ3) is 29.2. The molecule has 4 heteroatoms. The molecular formula is C34H64O4. The highest BCUT2D eigenvalue weighted by atomic mass is 16.5. The van der Waals surface area contributed by atoms with Gasteiger partial charge in [0.25, 0.3) is 0 Å². The number of rotatable bonds is 30. The number of ether oxygens (including phenoxy) is 1. The molecule has 0 radical (unpaired) electrons. The van der Waals surface area contributed by atoms with Crippen LogP contribution in [0.3, 0.4) is 0 Å². The number of carboxylic acid groups (broad SMARTS) is 1.